The van der Waals surface area contributed by atoms with Crippen LogP contribution in [0.25, 0.3) is 22.0 Å². The number of hydrogen-bond donors (Lipinski definition) is 1. The normalized spacial score (nSPS) is 10.9. The molecule has 2 aromatic carbocycles. The van der Waals surface area contributed by atoms with E-state index in [0.717, 1.165) is 33.3 Å². The fourth-order valence-corrected chi connectivity index (χ4v) is 3.30. The van der Waals surface area contributed by atoms with Gasteiger partial charge in [-0.1, -0.05) is 48.5 Å². The largest absolute Gasteiger partial charge is 0.358 e. The lowest BCUT2D eigenvalue weighted by atomic mass is 10.1. The molecule has 25 heavy (non-hydrogen) atoms. The van der Waals surface area contributed by atoms with Gasteiger partial charge in [0.05, 0.1) is 5.56 Å². The van der Waals surface area contributed by atoms with E-state index in [9.17, 15) is 4.79 Å². The maximum atomic E-state index is 12.9. The summed E-state index contributed by atoms with van der Waals surface area (Å²) >= 11 is 0. The Morgan fingerprint density at radius 1 is 0.920 bits per heavy atom. The van der Waals surface area contributed by atoms with Crippen molar-refractivity contribution in [3.63, 3.8) is 0 Å². The van der Waals surface area contributed by atoms with E-state index in [1.807, 2.05) is 72.4 Å². The number of nitrogens with zero attached hydrogens (tertiary/aromatic N) is 1. The van der Waals surface area contributed by atoms with Gasteiger partial charge in [0.25, 0.3) is 0 Å². The van der Waals surface area contributed by atoms with Crippen molar-refractivity contribution in [2.24, 2.45) is 0 Å². The Morgan fingerprint density at radius 2 is 1.64 bits per heavy atom. The molecule has 0 saturated carbocycles. The molecule has 0 aliphatic heterocycles. The molecule has 2 aromatic heterocycles. The number of Topliss-reactive ketones (excluding diaryl/α,β-unsaturated/α-hetero) is 1. The van der Waals surface area contributed by atoms with Crippen molar-refractivity contribution >= 4 is 16.7 Å². The van der Waals surface area contributed by atoms with Crippen molar-refractivity contribution in [2.75, 3.05) is 0 Å². The van der Waals surface area contributed by atoms with E-state index >= 15 is 0 Å². The van der Waals surface area contributed by atoms with Crippen LogP contribution in [0.2, 0.25) is 0 Å². The summed E-state index contributed by atoms with van der Waals surface area (Å²) < 4.78 is 1.95. The third-order valence-corrected chi connectivity index (χ3v) is 4.46. The van der Waals surface area contributed by atoms with E-state index in [1.165, 1.54) is 0 Å². The van der Waals surface area contributed by atoms with Crippen LogP contribution < -0.4 is 4.57 Å². The van der Waals surface area contributed by atoms with Crippen LogP contribution in [0, 0.1) is 6.92 Å². The van der Waals surface area contributed by atoms with Crippen molar-refractivity contribution in [1.29, 1.82) is 0 Å². The number of fused-ring (bicyclic) bond motifs is 1. The number of H-pyrrole nitrogens is 1. The number of para-hydroxylation sites is 1. The summed E-state index contributed by atoms with van der Waals surface area (Å²) in [5.41, 5.74) is 4.96. The SMILES string of the molecule is Cc1[nH]c2ccccc2c1C(=O)C[n+]1cccc(-c2ccccc2)c1. The number of carbonyl (C=O) groups excluding carboxylic acids is 1. The van der Waals surface area contributed by atoms with Gasteiger partial charge in [0.1, 0.15) is 0 Å². The Labute approximate surface area is 146 Å². The second-order valence-corrected chi connectivity index (χ2v) is 6.22. The Bertz CT molecular complexity index is 1050. The van der Waals surface area contributed by atoms with E-state index in [-0.39, 0.29) is 5.78 Å². The highest BCUT2D eigenvalue weighted by Crippen LogP contribution is 2.22. The highest BCUT2D eigenvalue weighted by atomic mass is 16.1. The smallest absolute Gasteiger partial charge is 0.229 e. The molecule has 0 bridgehead atoms. The first kappa shape index (κ1) is 15.3. The molecule has 0 aliphatic rings. The zero-order valence-electron chi connectivity index (χ0n) is 14.1. The van der Waals surface area contributed by atoms with Crippen LogP contribution in [0.5, 0.6) is 0 Å². The average Bonchev–Trinajstić information content (AvgIpc) is 2.98. The van der Waals surface area contributed by atoms with E-state index < -0.39 is 0 Å². The van der Waals surface area contributed by atoms with Crippen LogP contribution in [0.15, 0.2) is 79.1 Å². The van der Waals surface area contributed by atoms with E-state index in [4.69, 9.17) is 0 Å². The Kier molecular flexibility index (Phi) is 3.90. The van der Waals surface area contributed by atoms with Gasteiger partial charge in [-0.05, 0) is 24.6 Å². The molecule has 0 saturated heterocycles. The van der Waals surface area contributed by atoms with Gasteiger partial charge in [-0.15, -0.1) is 0 Å². The van der Waals surface area contributed by atoms with Gasteiger partial charge in [-0.2, -0.15) is 4.57 Å². The molecule has 0 amide bonds. The molecule has 2 heterocycles. The fraction of sp³-hybridized carbons (Fsp3) is 0.0909. The summed E-state index contributed by atoms with van der Waals surface area (Å²) in [4.78, 5) is 16.2. The zero-order valence-corrected chi connectivity index (χ0v) is 14.1. The Hall–Kier alpha value is -3.20. The maximum absolute atomic E-state index is 12.9. The third-order valence-electron chi connectivity index (χ3n) is 4.46. The summed E-state index contributed by atoms with van der Waals surface area (Å²) in [7, 11) is 0. The molecule has 0 radical (unpaired) electrons. The number of rotatable bonds is 4. The summed E-state index contributed by atoms with van der Waals surface area (Å²) in [6, 6.07) is 22.2. The number of carbonyl (C=O) groups is 1. The number of aromatic nitrogens is 2. The summed E-state index contributed by atoms with van der Waals surface area (Å²) in [6.45, 7) is 2.28. The molecule has 3 nitrogen and oxygen atoms in total. The van der Waals surface area contributed by atoms with Gasteiger partial charge >= 0.3 is 0 Å². The first-order valence-electron chi connectivity index (χ1n) is 8.37. The Morgan fingerprint density at radius 3 is 2.48 bits per heavy atom. The van der Waals surface area contributed by atoms with E-state index in [0.29, 0.717) is 6.54 Å². The van der Waals surface area contributed by atoms with Crippen molar-refractivity contribution in [2.45, 2.75) is 13.5 Å². The monoisotopic (exact) mass is 327 g/mol. The van der Waals surface area contributed by atoms with Crippen molar-refractivity contribution in [3.05, 3.63) is 90.4 Å². The van der Waals surface area contributed by atoms with Crippen molar-refractivity contribution in [3.8, 4) is 11.1 Å². The predicted molar refractivity (Wildman–Crippen MR) is 99.4 cm³/mol. The number of benzene rings is 2. The lowest BCUT2D eigenvalue weighted by molar-refractivity contribution is -0.682. The van der Waals surface area contributed by atoms with Crippen molar-refractivity contribution < 1.29 is 9.36 Å². The molecule has 122 valence electrons. The van der Waals surface area contributed by atoms with Crippen LogP contribution in [0.3, 0.4) is 0 Å². The molecule has 1 N–H and O–H groups in total. The number of hydrogen-bond acceptors (Lipinski definition) is 1. The zero-order chi connectivity index (χ0) is 17.2. The van der Waals surface area contributed by atoms with Crippen LogP contribution >= 0.6 is 0 Å². The second kappa shape index (κ2) is 6.36. The third kappa shape index (κ3) is 2.96. The topological polar surface area (TPSA) is 36.7 Å². The maximum Gasteiger partial charge on any atom is 0.229 e. The van der Waals surface area contributed by atoms with Crippen LogP contribution in [0.4, 0.5) is 0 Å². The number of ketones is 1. The minimum atomic E-state index is 0.116. The molecule has 3 heteroatoms. The fourth-order valence-electron chi connectivity index (χ4n) is 3.30. The van der Waals surface area contributed by atoms with Gasteiger partial charge in [-0.3, -0.25) is 4.79 Å². The minimum absolute atomic E-state index is 0.116. The van der Waals surface area contributed by atoms with Gasteiger partial charge in [0.2, 0.25) is 12.3 Å². The number of aryl methyl sites for hydroxylation is 1. The number of aromatic amines is 1. The predicted octanol–water partition coefficient (Wildman–Crippen LogP) is 4.31. The first-order valence-corrected chi connectivity index (χ1v) is 8.37. The highest BCUT2D eigenvalue weighted by molar-refractivity contribution is 6.08. The van der Waals surface area contributed by atoms with Crippen LogP contribution in [-0.4, -0.2) is 10.8 Å². The minimum Gasteiger partial charge on any atom is -0.358 e. The summed E-state index contributed by atoms with van der Waals surface area (Å²) in [5.74, 6) is 0.116. The molecule has 4 aromatic rings. The molecule has 0 aliphatic carbocycles. The van der Waals surface area contributed by atoms with Gasteiger partial charge in [-0.25, -0.2) is 0 Å². The summed E-state index contributed by atoms with van der Waals surface area (Å²) in [6.07, 6.45) is 3.96. The molecule has 0 atom stereocenters. The molecular weight excluding hydrogens is 308 g/mol. The average molecular weight is 327 g/mol. The molecule has 4 rings (SSSR count). The summed E-state index contributed by atoms with van der Waals surface area (Å²) in [5, 5.41) is 0.991. The molecule has 0 spiro atoms. The lowest BCUT2D eigenvalue weighted by Crippen LogP contribution is -2.37. The van der Waals surface area contributed by atoms with Crippen LogP contribution in [0.1, 0.15) is 16.1 Å². The lowest BCUT2D eigenvalue weighted by Gasteiger charge is -2.02. The van der Waals surface area contributed by atoms with Crippen LogP contribution in [-0.2, 0) is 6.54 Å². The van der Waals surface area contributed by atoms with Gasteiger partial charge in [0, 0.05) is 28.2 Å². The molecule has 0 unspecified atom stereocenters. The van der Waals surface area contributed by atoms with E-state index in [2.05, 4.69) is 23.2 Å². The Balaban J connectivity index is 1.66. The standard InChI is InChI=1S/C22H18N2O/c1-16-22(19-11-5-6-12-20(19)23-16)21(25)15-24-13-7-10-18(14-24)17-8-3-2-4-9-17/h2-14H,15H2,1H3/p+1. The van der Waals surface area contributed by atoms with Gasteiger partial charge in [0.15, 0.2) is 12.4 Å². The van der Waals surface area contributed by atoms with Gasteiger partial charge < -0.3 is 4.98 Å². The quantitative estimate of drug-likeness (QED) is 0.440. The number of pyridine rings is 1. The highest BCUT2D eigenvalue weighted by Gasteiger charge is 2.19. The molecular formula is C22H19N2O+. The van der Waals surface area contributed by atoms with E-state index in [1.54, 1.807) is 0 Å². The number of nitrogens with one attached hydrogen (secondary N) is 1. The molecule has 0 fully saturated rings. The first-order chi connectivity index (χ1) is 12.2. The van der Waals surface area contributed by atoms with Crippen molar-refractivity contribution in [1.82, 2.24) is 4.98 Å². The second-order valence-electron chi connectivity index (χ2n) is 6.22.